The van der Waals surface area contributed by atoms with Crippen molar-refractivity contribution in [2.45, 2.75) is 18.2 Å². The van der Waals surface area contributed by atoms with Crippen molar-refractivity contribution >= 4 is 17.4 Å². The largest absolute Gasteiger partial charge is 0.292 e. The third kappa shape index (κ3) is 1.79. The number of hydrogen-bond acceptors (Lipinski definition) is 3. The molecule has 2 rings (SSSR count). The molecule has 0 saturated heterocycles. The zero-order valence-electron chi connectivity index (χ0n) is 8.98. The second-order valence-electron chi connectivity index (χ2n) is 4.16. The molecule has 0 aromatic heterocycles. The number of alkyl halides is 1. The first kappa shape index (κ1) is 11.6. The Morgan fingerprint density at radius 3 is 2.71 bits per heavy atom. The van der Waals surface area contributed by atoms with Crippen LogP contribution < -0.4 is 0 Å². The van der Waals surface area contributed by atoms with E-state index in [9.17, 15) is 10.1 Å². The zero-order chi connectivity index (χ0) is 12.5. The van der Waals surface area contributed by atoms with Gasteiger partial charge in [0.05, 0.1) is 12.1 Å². The first-order chi connectivity index (χ1) is 8.13. The maximum absolute atomic E-state index is 12.2. The van der Waals surface area contributed by atoms with Gasteiger partial charge in [-0.2, -0.15) is 10.5 Å². The van der Waals surface area contributed by atoms with Crippen molar-refractivity contribution in [1.29, 1.82) is 10.5 Å². The predicted octanol–water partition coefficient (Wildman–Crippen LogP) is 2.46. The summed E-state index contributed by atoms with van der Waals surface area (Å²) in [7, 11) is 0. The quantitative estimate of drug-likeness (QED) is 0.751. The molecule has 0 heterocycles. The molecule has 0 radical (unpaired) electrons. The van der Waals surface area contributed by atoms with Crippen LogP contribution in [0.5, 0.6) is 0 Å². The summed E-state index contributed by atoms with van der Waals surface area (Å²) in [5.74, 6) is -0.212. The maximum atomic E-state index is 12.2. The van der Waals surface area contributed by atoms with Gasteiger partial charge in [-0.25, -0.2) is 0 Å². The number of benzene rings is 1. The Morgan fingerprint density at radius 1 is 1.41 bits per heavy atom. The maximum Gasteiger partial charge on any atom is 0.183 e. The van der Waals surface area contributed by atoms with Crippen LogP contribution in [0.4, 0.5) is 0 Å². The van der Waals surface area contributed by atoms with E-state index in [-0.39, 0.29) is 12.2 Å². The summed E-state index contributed by atoms with van der Waals surface area (Å²) in [5.41, 5.74) is 0.281. The average molecular weight is 245 g/mol. The number of nitrogens with zero attached hydrogens (tertiary/aromatic N) is 2. The highest BCUT2D eigenvalue weighted by Gasteiger charge is 2.46. The molecule has 0 aliphatic heterocycles. The Morgan fingerprint density at radius 2 is 2.12 bits per heavy atom. The molecule has 1 aliphatic rings. The van der Waals surface area contributed by atoms with Crippen molar-refractivity contribution < 1.29 is 4.79 Å². The Kier molecular flexibility index (Phi) is 2.88. The lowest BCUT2D eigenvalue weighted by Crippen LogP contribution is -2.29. The number of fused-ring (bicyclic) bond motifs is 1. The zero-order valence-corrected chi connectivity index (χ0v) is 9.74. The summed E-state index contributed by atoms with van der Waals surface area (Å²) >= 11 is 5.76. The van der Waals surface area contributed by atoms with Crippen LogP contribution in [-0.4, -0.2) is 11.2 Å². The van der Waals surface area contributed by atoms with Gasteiger partial charge in [-0.15, -0.1) is 11.6 Å². The highest BCUT2D eigenvalue weighted by molar-refractivity contribution is 6.22. The summed E-state index contributed by atoms with van der Waals surface area (Å²) in [6, 6.07) is 11.1. The van der Waals surface area contributed by atoms with E-state index < -0.39 is 10.8 Å². The normalized spacial score (nSPS) is 23.6. The van der Waals surface area contributed by atoms with Gasteiger partial charge in [0.25, 0.3) is 0 Å². The van der Waals surface area contributed by atoms with Crippen molar-refractivity contribution in [2.75, 3.05) is 0 Å². The second-order valence-corrected chi connectivity index (χ2v) is 4.68. The molecule has 3 nitrogen and oxygen atoms in total. The van der Waals surface area contributed by atoms with E-state index in [1.807, 2.05) is 18.2 Å². The standard InChI is InChI=1S/C13H9ClN2O/c14-10(7-15)6-13(8-16)5-9-3-1-2-4-11(9)12(13)17/h1-4,10H,5-6H2/t10-,13-/m1/s1. The molecule has 0 fully saturated rings. The lowest BCUT2D eigenvalue weighted by molar-refractivity contribution is 0.0875. The number of rotatable bonds is 2. The third-order valence-corrected chi connectivity index (χ3v) is 3.32. The first-order valence-corrected chi connectivity index (χ1v) is 5.64. The molecular weight excluding hydrogens is 236 g/mol. The Balaban J connectivity index is 2.40. The van der Waals surface area contributed by atoms with Crippen LogP contribution >= 0.6 is 11.6 Å². The third-order valence-electron chi connectivity index (χ3n) is 3.07. The molecule has 0 unspecified atom stereocenters. The van der Waals surface area contributed by atoms with Gasteiger partial charge < -0.3 is 0 Å². The lowest BCUT2D eigenvalue weighted by atomic mass is 9.81. The van der Waals surface area contributed by atoms with Gasteiger partial charge in [-0.05, 0) is 12.0 Å². The number of carbonyl (C=O) groups excluding carboxylic acids is 1. The van der Waals surface area contributed by atoms with Crippen LogP contribution in [0.1, 0.15) is 22.3 Å². The molecule has 0 bridgehead atoms. The number of hydrogen-bond donors (Lipinski definition) is 0. The van der Waals surface area contributed by atoms with Crippen LogP contribution in [0.3, 0.4) is 0 Å². The molecule has 1 aromatic rings. The number of Topliss-reactive ketones (excluding diaryl/α,β-unsaturated/α-hetero) is 1. The van der Waals surface area contributed by atoms with Crippen LogP contribution in [0.25, 0.3) is 0 Å². The highest BCUT2D eigenvalue weighted by Crippen LogP contribution is 2.40. The molecule has 1 aromatic carbocycles. The minimum Gasteiger partial charge on any atom is -0.292 e. The SMILES string of the molecule is N#C[C@H](Cl)C[C@@]1(C#N)Cc2ccccc2C1=O. The summed E-state index contributed by atoms with van der Waals surface area (Å²) < 4.78 is 0. The van der Waals surface area contributed by atoms with Gasteiger partial charge in [0, 0.05) is 12.0 Å². The molecule has 17 heavy (non-hydrogen) atoms. The van der Waals surface area contributed by atoms with E-state index in [1.165, 1.54) is 0 Å². The smallest absolute Gasteiger partial charge is 0.183 e. The van der Waals surface area contributed by atoms with Gasteiger partial charge >= 0.3 is 0 Å². The molecule has 84 valence electrons. The summed E-state index contributed by atoms with van der Waals surface area (Å²) in [4.78, 5) is 12.2. The van der Waals surface area contributed by atoms with Crippen LogP contribution in [0.2, 0.25) is 0 Å². The van der Waals surface area contributed by atoms with Gasteiger partial charge in [-0.3, -0.25) is 4.79 Å². The van der Waals surface area contributed by atoms with E-state index >= 15 is 0 Å². The van der Waals surface area contributed by atoms with Gasteiger partial charge in [0.1, 0.15) is 10.8 Å². The summed E-state index contributed by atoms with van der Waals surface area (Å²) in [5, 5.41) is 17.2. The van der Waals surface area contributed by atoms with Gasteiger partial charge in [0.15, 0.2) is 5.78 Å². The molecule has 0 amide bonds. The molecule has 0 spiro atoms. The topological polar surface area (TPSA) is 64.7 Å². The summed E-state index contributed by atoms with van der Waals surface area (Å²) in [6.45, 7) is 0. The molecule has 4 heteroatoms. The second kappa shape index (κ2) is 4.20. The van der Waals surface area contributed by atoms with Crippen LogP contribution in [0, 0.1) is 28.1 Å². The Bertz CT molecular complexity index is 555. The Labute approximate surface area is 104 Å². The number of nitriles is 2. The first-order valence-electron chi connectivity index (χ1n) is 5.20. The number of ketones is 1. The van der Waals surface area contributed by atoms with Crippen molar-refractivity contribution in [3.05, 3.63) is 35.4 Å². The molecular formula is C13H9ClN2O. The fourth-order valence-electron chi connectivity index (χ4n) is 2.21. The Hall–Kier alpha value is -1.84. The lowest BCUT2D eigenvalue weighted by Gasteiger charge is -2.18. The highest BCUT2D eigenvalue weighted by atomic mass is 35.5. The average Bonchev–Trinajstić information content (AvgIpc) is 2.64. The van der Waals surface area contributed by atoms with E-state index in [0.717, 1.165) is 5.56 Å². The minimum atomic E-state index is -1.16. The van der Waals surface area contributed by atoms with Crippen molar-refractivity contribution in [3.63, 3.8) is 0 Å². The van der Waals surface area contributed by atoms with E-state index in [0.29, 0.717) is 12.0 Å². The van der Waals surface area contributed by atoms with E-state index in [4.69, 9.17) is 16.9 Å². The number of carbonyl (C=O) groups is 1. The molecule has 1 aliphatic carbocycles. The summed E-state index contributed by atoms with van der Waals surface area (Å²) in [6.07, 6.45) is 0.429. The van der Waals surface area contributed by atoms with Crippen LogP contribution in [-0.2, 0) is 6.42 Å². The number of halogens is 1. The fourth-order valence-corrected chi connectivity index (χ4v) is 2.47. The minimum absolute atomic E-state index is 0.0784. The fraction of sp³-hybridized carbons (Fsp3) is 0.308. The van der Waals surface area contributed by atoms with Crippen molar-refractivity contribution in [2.24, 2.45) is 5.41 Å². The molecule has 2 atom stereocenters. The van der Waals surface area contributed by atoms with Crippen LogP contribution in [0.15, 0.2) is 24.3 Å². The monoisotopic (exact) mass is 244 g/mol. The van der Waals surface area contributed by atoms with Crippen molar-refractivity contribution in [3.8, 4) is 12.1 Å². The predicted molar refractivity (Wildman–Crippen MR) is 62.4 cm³/mol. The van der Waals surface area contributed by atoms with Gasteiger partial charge in [0.2, 0.25) is 0 Å². The van der Waals surface area contributed by atoms with E-state index in [2.05, 4.69) is 6.07 Å². The van der Waals surface area contributed by atoms with Crippen molar-refractivity contribution in [1.82, 2.24) is 0 Å². The molecule has 0 N–H and O–H groups in total. The van der Waals surface area contributed by atoms with Gasteiger partial charge in [-0.1, -0.05) is 24.3 Å². The van der Waals surface area contributed by atoms with E-state index in [1.54, 1.807) is 12.1 Å². The molecule has 0 saturated carbocycles.